The van der Waals surface area contributed by atoms with Gasteiger partial charge in [0.15, 0.2) is 0 Å². The van der Waals surface area contributed by atoms with Gasteiger partial charge in [0.05, 0.1) is 19.1 Å². The van der Waals surface area contributed by atoms with Gasteiger partial charge in [-0.3, -0.25) is 9.59 Å². The Morgan fingerprint density at radius 3 is 2.05 bits per heavy atom. The summed E-state index contributed by atoms with van der Waals surface area (Å²) >= 11 is 0. The van der Waals surface area contributed by atoms with E-state index in [4.69, 9.17) is 14.6 Å². The summed E-state index contributed by atoms with van der Waals surface area (Å²) in [5, 5.41) is 11.4. The maximum absolute atomic E-state index is 12.1. The van der Waals surface area contributed by atoms with Crippen LogP contribution in [-0.2, 0) is 19.1 Å². The third kappa shape index (κ3) is 15.7. The van der Waals surface area contributed by atoms with Crippen LogP contribution < -0.4 is 5.32 Å². The number of allylic oxidation sites excluding steroid dienone is 2. The van der Waals surface area contributed by atoms with Crippen molar-refractivity contribution >= 4 is 11.9 Å². The van der Waals surface area contributed by atoms with Gasteiger partial charge in [0, 0.05) is 18.9 Å². The predicted molar refractivity (Wildman–Crippen MR) is 181 cm³/mol. The van der Waals surface area contributed by atoms with E-state index < -0.39 is 0 Å². The van der Waals surface area contributed by atoms with Crippen LogP contribution in [0.25, 0.3) is 0 Å². The first kappa shape index (κ1) is 38.8. The third-order valence-electron chi connectivity index (χ3n) is 10.3. The molecule has 1 amide bonds. The molecule has 6 unspecified atom stereocenters. The van der Waals surface area contributed by atoms with Crippen LogP contribution in [-0.4, -0.2) is 43.0 Å². The average molecular weight is 620 g/mol. The van der Waals surface area contributed by atoms with Crippen LogP contribution in [0.15, 0.2) is 12.2 Å². The Kier molecular flexibility index (Phi) is 19.6. The Morgan fingerprint density at radius 1 is 0.841 bits per heavy atom. The number of aliphatic hydroxyl groups excluding tert-OH is 1. The van der Waals surface area contributed by atoms with Gasteiger partial charge in [-0.2, -0.15) is 0 Å². The van der Waals surface area contributed by atoms with Gasteiger partial charge >= 0.3 is 5.97 Å². The zero-order chi connectivity index (χ0) is 32.3. The summed E-state index contributed by atoms with van der Waals surface area (Å²) in [6.45, 7) is 14.8. The highest BCUT2D eigenvalue weighted by Gasteiger charge is 2.32. The molecule has 1 heterocycles. The van der Waals surface area contributed by atoms with E-state index in [0.717, 1.165) is 69.8 Å². The van der Waals surface area contributed by atoms with E-state index >= 15 is 0 Å². The smallest absolute Gasteiger partial charge is 0.311 e. The van der Waals surface area contributed by atoms with Crippen LogP contribution in [0.2, 0.25) is 0 Å². The molecule has 0 spiro atoms. The maximum Gasteiger partial charge on any atom is 0.311 e. The van der Waals surface area contributed by atoms with Crippen LogP contribution in [0.1, 0.15) is 144 Å². The molecule has 0 bridgehead atoms. The van der Waals surface area contributed by atoms with Crippen LogP contribution in [0, 0.1) is 47.3 Å². The van der Waals surface area contributed by atoms with E-state index in [-0.39, 0.29) is 36.6 Å². The Balaban J connectivity index is 0.000000237. The van der Waals surface area contributed by atoms with Crippen LogP contribution >= 0.6 is 0 Å². The van der Waals surface area contributed by atoms with Gasteiger partial charge in [-0.05, 0) is 99.7 Å². The summed E-state index contributed by atoms with van der Waals surface area (Å²) < 4.78 is 11.0. The van der Waals surface area contributed by atoms with E-state index in [1.54, 1.807) is 0 Å². The number of amides is 1. The van der Waals surface area contributed by atoms with E-state index in [0.29, 0.717) is 30.2 Å². The molecule has 1 saturated heterocycles. The third-order valence-corrected chi connectivity index (χ3v) is 10.3. The Labute approximate surface area is 270 Å². The summed E-state index contributed by atoms with van der Waals surface area (Å²) in [5.74, 6) is 5.02. The quantitative estimate of drug-likeness (QED) is 0.188. The van der Waals surface area contributed by atoms with Crippen molar-refractivity contribution in [2.45, 2.75) is 151 Å². The fraction of sp³-hybridized carbons (Fsp3) is 0.895. The van der Waals surface area contributed by atoms with Crippen molar-refractivity contribution in [3.63, 3.8) is 0 Å². The van der Waals surface area contributed by atoms with E-state index in [2.05, 4.69) is 59.0 Å². The Morgan fingerprint density at radius 2 is 1.50 bits per heavy atom. The predicted octanol–water partition coefficient (Wildman–Crippen LogP) is 8.85. The van der Waals surface area contributed by atoms with Crippen molar-refractivity contribution < 1.29 is 24.2 Å². The number of carbonyl (C=O) groups is 2. The lowest BCUT2D eigenvalue weighted by molar-refractivity contribution is -0.192. The van der Waals surface area contributed by atoms with Gasteiger partial charge < -0.3 is 19.9 Å². The zero-order valence-corrected chi connectivity index (χ0v) is 29.4. The van der Waals surface area contributed by atoms with Crippen LogP contribution in [0.4, 0.5) is 0 Å². The largest absolute Gasteiger partial charge is 0.436 e. The fourth-order valence-electron chi connectivity index (χ4n) is 7.16. The number of carbonyl (C=O) groups excluding carboxylic acids is 2. The summed E-state index contributed by atoms with van der Waals surface area (Å²) in [6.07, 6.45) is 23.3. The minimum atomic E-state index is -0.273. The number of rotatable bonds is 10. The molecule has 3 aliphatic carbocycles. The van der Waals surface area contributed by atoms with Crippen molar-refractivity contribution in [1.82, 2.24) is 5.32 Å². The maximum atomic E-state index is 12.1. The summed E-state index contributed by atoms with van der Waals surface area (Å²) in [5.41, 5.74) is 0. The number of ether oxygens (including phenoxy) is 2. The molecule has 256 valence electrons. The van der Waals surface area contributed by atoms with Crippen molar-refractivity contribution in [3.8, 4) is 0 Å². The summed E-state index contributed by atoms with van der Waals surface area (Å²) in [6, 6.07) is 0. The first-order valence-electron chi connectivity index (χ1n) is 18.5. The molecule has 0 aromatic rings. The summed E-state index contributed by atoms with van der Waals surface area (Å²) in [4.78, 5) is 23.8. The second-order valence-electron chi connectivity index (χ2n) is 15.1. The number of hydrogen-bond donors (Lipinski definition) is 2. The van der Waals surface area contributed by atoms with Gasteiger partial charge in [-0.1, -0.05) is 85.8 Å². The lowest BCUT2D eigenvalue weighted by atomic mass is 9.76. The molecule has 4 aliphatic rings. The lowest BCUT2D eigenvalue weighted by Gasteiger charge is -2.31. The Bertz CT molecular complexity index is 803. The minimum absolute atomic E-state index is 0.0211. The highest BCUT2D eigenvalue weighted by atomic mass is 16.7. The van der Waals surface area contributed by atoms with E-state index in [1.165, 1.54) is 51.4 Å². The highest BCUT2D eigenvalue weighted by Crippen LogP contribution is 2.35. The number of hydrogen-bond acceptors (Lipinski definition) is 5. The topological polar surface area (TPSA) is 84.9 Å². The van der Waals surface area contributed by atoms with Gasteiger partial charge in [-0.25, -0.2) is 0 Å². The molecule has 6 nitrogen and oxygen atoms in total. The Hall–Kier alpha value is -1.40. The zero-order valence-electron chi connectivity index (χ0n) is 29.4. The SMILES string of the molecule is CC(C)C1CCCC(C(=O)NCCO)C1.CC(C)C1CCCC(C(=O)OC2CCCCO2)C1.CC(C)CCC1CC=CCC1. The molecule has 3 fully saturated rings. The molecular weight excluding hydrogens is 550 g/mol. The first-order chi connectivity index (χ1) is 21.1. The molecule has 0 radical (unpaired) electrons. The highest BCUT2D eigenvalue weighted by molar-refractivity contribution is 5.78. The van der Waals surface area contributed by atoms with Crippen molar-refractivity contribution in [2.75, 3.05) is 19.8 Å². The number of aliphatic hydroxyl groups is 1. The average Bonchev–Trinajstić information content (AvgIpc) is 3.04. The van der Waals surface area contributed by atoms with Crippen molar-refractivity contribution in [3.05, 3.63) is 12.2 Å². The monoisotopic (exact) mass is 620 g/mol. The lowest BCUT2D eigenvalue weighted by Crippen LogP contribution is -2.36. The molecule has 1 aliphatic heterocycles. The first-order valence-corrected chi connectivity index (χ1v) is 18.5. The minimum Gasteiger partial charge on any atom is -0.436 e. The molecule has 0 aromatic heterocycles. The van der Waals surface area contributed by atoms with E-state index in [9.17, 15) is 9.59 Å². The summed E-state index contributed by atoms with van der Waals surface area (Å²) in [7, 11) is 0. The molecule has 2 saturated carbocycles. The number of esters is 1. The standard InChI is InChI=1S/C15H26O3.C12H23NO2.C11H20/c1-11(2)12-6-5-7-13(10-12)15(16)18-14-8-3-4-9-17-14;1-9(2)10-4-3-5-11(8-10)12(15)13-6-7-14;1-10(2)8-9-11-6-4-3-5-7-11/h11-14H,3-10H2,1-2H3;9-11,14H,3-8H2,1-2H3,(H,13,15);3-4,10-11H,5-9H2,1-2H3. The van der Waals surface area contributed by atoms with Crippen LogP contribution in [0.3, 0.4) is 0 Å². The molecule has 4 rings (SSSR count). The molecule has 2 N–H and O–H groups in total. The second kappa shape index (κ2) is 22.2. The second-order valence-corrected chi connectivity index (χ2v) is 15.1. The van der Waals surface area contributed by atoms with Gasteiger partial charge in [0.2, 0.25) is 12.2 Å². The fourth-order valence-corrected chi connectivity index (χ4v) is 7.16. The normalized spacial score (nSPS) is 28.9. The van der Waals surface area contributed by atoms with Gasteiger partial charge in [0.25, 0.3) is 0 Å². The van der Waals surface area contributed by atoms with Crippen molar-refractivity contribution in [1.29, 1.82) is 0 Å². The van der Waals surface area contributed by atoms with Gasteiger partial charge in [0.1, 0.15) is 0 Å². The molecule has 44 heavy (non-hydrogen) atoms. The molecule has 0 aromatic carbocycles. The molecule has 6 atom stereocenters. The van der Waals surface area contributed by atoms with Crippen molar-refractivity contribution in [2.24, 2.45) is 47.3 Å². The molecule has 6 heteroatoms. The molecular formula is C38H69NO5. The van der Waals surface area contributed by atoms with Crippen LogP contribution in [0.5, 0.6) is 0 Å². The van der Waals surface area contributed by atoms with E-state index in [1.807, 2.05) is 0 Å². The van der Waals surface area contributed by atoms with Gasteiger partial charge in [-0.15, -0.1) is 0 Å². The number of nitrogens with one attached hydrogen (secondary N) is 1.